The highest BCUT2D eigenvalue weighted by atomic mass is 16.5. The van der Waals surface area contributed by atoms with Gasteiger partial charge in [-0.3, -0.25) is 9.59 Å². The van der Waals surface area contributed by atoms with Crippen LogP contribution in [0.2, 0.25) is 0 Å². The molecule has 0 amide bonds. The van der Waals surface area contributed by atoms with Gasteiger partial charge in [-0.15, -0.1) is 0 Å². The van der Waals surface area contributed by atoms with E-state index in [2.05, 4.69) is 0 Å². The highest BCUT2D eigenvalue weighted by molar-refractivity contribution is 5.82. The van der Waals surface area contributed by atoms with Crippen LogP contribution in [0.1, 0.15) is 59.3 Å². The molecular weight excluding hydrogens is 256 g/mol. The van der Waals surface area contributed by atoms with Crippen molar-refractivity contribution in [2.75, 3.05) is 13.2 Å². The van der Waals surface area contributed by atoms with E-state index in [-0.39, 0.29) is 23.8 Å². The molecule has 1 rings (SSSR count). The zero-order valence-corrected chi connectivity index (χ0v) is 13.0. The quantitative estimate of drug-likeness (QED) is 0.641. The molecule has 20 heavy (non-hydrogen) atoms. The molecule has 0 heterocycles. The summed E-state index contributed by atoms with van der Waals surface area (Å²) >= 11 is 0. The minimum atomic E-state index is -0.408. The van der Waals surface area contributed by atoms with E-state index in [1.165, 1.54) is 0 Å². The minimum Gasteiger partial charge on any atom is -0.465 e. The third kappa shape index (κ3) is 4.80. The normalized spacial score (nSPS) is 18.6. The molecule has 2 atom stereocenters. The van der Waals surface area contributed by atoms with E-state index in [9.17, 15) is 9.59 Å². The Balaban J connectivity index is 2.69. The molecule has 0 saturated heterocycles. The molecule has 1 aliphatic carbocycles. The summed E-state index contributed by atoms with van der Waals surface area (Å²) in [5.74, 6) is -0.970. The molecule has 0 aromatic carbocycles. The summed E-state index contributed by atoms with van der Waals surface area (Å²) in [6.07, 6.45) is 5.90. The second-order valence-corrected chi connectivity index (χ2v) is 5.69. The zero-order valence-electron chi connectivity index (χ0n) is 13.0. The fourth-order valence-corrected chi connectivity index (χ4v) is 2.90. The summed E-state index contributed by atoms with van der Waals surface area (Å²) in [6, 6.07) is 0. The van der Waals surface area contributed by atoms with Crippen LogP contribution < -0.4 is 0 Å². The zero-order chi connectivity index (χ0) is 15.0. The summed E-state index contributed by atoms with van der Waals surface area (Å²) in [7, 11) is 0. The van der Waals surface area contributed by atoms with Crippen molar-refractivity contribution in [1.29, 1.82) is 0 Å². The van der Waals surface area contributed by atoms with Gasteiger partial charge in [0.15, 0.2) is 0 Å². The van der Waals surface area contributed by atoms with Crippen molar-refractivity contribution in [2.45, 2.75) is 59.3 Å². The molecule has 4 nitrogen and oxygen atoms in total. The van der Waals surface area contributed by atoms with Crippen LogP contribution >= 0.6 is 0 Å². The monoisotopic (exact) mass is 284 g/mol. The van der Waals surface area contributed by atoms with Gasteiger partial charge in [0, 0.05) is 0 Å². The predicted molar refractivity (Wildman–Crippen MR) is 77.1 cm³/mol. The summed E-state index contributed by atoms with van der Waals surface area (Å²) < 4.78 is 10.5. The van der Waals surface area contributed by atoms with Crippen molar-refractivity contribution in [3.8, 4) is 0 Å². The molecule has 1 fully saturated rings. The predicted octanol–water partition coefficient (Wildman–Crippen LogP) is 3.34. The number of carbonyl (C=O) groups excluding carboxylic acids is 2. The summed E-state index contributed by atoms with van der Waals surface area (Å²) in [6.45, 7) is 6.58. The number of rotatable bonds is 8. The number of ether oxygens (including phenoxy) is 2. The van der Waals surface area contributed by atoms with Gasteiger partial charge in [0.1, 0.15) is 0 Å². The van der Waals surface area contributed by atoms with E-state index < -0.39 is 5.92 Å². The number of hydrogen-bond donors (Lipinski definition) is 0. The first-order chi connectivity index (χ1) is 9.61. The van der Waals surface area contributed by atoms with E-state index >= 15 is 0 Å². The minimum absolute atomic E-state index is 0.223. The maximum Gasteiger partial charge on any atom is 0.310 e. The number of carbonyl (C=O) groups is 2. The largest absolute Gasteiger partial charge is 0.465 e. The first-order valence-corrected chi connectivity index (χ1v) is 7.95. The van der Waals surface area contributed by atoms with Crippen molar-refractivity contribution in [3.05, 3.63) is 0 Å². The molecule has 0 aromatic heterocycles. The second kappa shape index (κ2) is 8.98. The molecule has 0 aliphatic heterocycles. The van der Waals surface area contributed by atoms with Gasteiger partial charge >= 0.3 is 11.9 Å². The highest BCUT2D eigenvalue weighted by Crippen LogP contribution is 2.36. The van der Waals surface area contributed by atoms with E-state index in [0.717, 1.165) is 38.5 Å². The Morgan fingerprint density at radius 1 is 1.00 bits per heavy atom. The molecule has 0 N–H and O–H groups in total. The van der Waals surface area contributed by atoms with Gasteiger partial charge in [0.2, 0.25) is 0 Å². The van der Waals surface area contributed by atoms with Crippen LogP contribution in [0.3, 0.4) is 0 Å². The Bertz CT molecular complexity index is 308. The van der Waals surface area contributed by atoms with Crippen LogP contribution in [-0.4, -0.2) is 25.2 Å². The third-order valence-corrected chi connectivity index (χ3v) is 3.99. The average molecular weight is 284 g/mol. The fraction of sp³-hybridized carbons (Fsp3) is 0.875. The summed E-state index contributed by atoms with van der Waals surface area (Å²) in [4.78, 5) is 24.3. The lowest BCUT2D eigenvalue weighted by molar-refractivity contribution is -0.162. The lowest BCUT2D eigenvalue weighted by atomic mass is 9.81. The Kier molecular flexibility index (Phi) is 7.63. The first kappa shape index (κ1) is 17.0. The van der Waals surface area contributed by atoms with Crippen molar-refractivity contribution >= 4 is 11.9 Å². The lowest BCUT2D eigenvalue weighted by Gasteiger charge is -2.26. The van der Waals surface area contributed by atoms with Gasteiger partial charge in [-0.2, -0.15) is 0 Å². The van der Waals surface area contributed by atoms with Gasteiger partial charge < -0.3 is 9.47 Å². The summed E-state index contributed by atoms with van der Waals surface area (Å²) in [5, 5.41) is 0. The Hall–Kier alpha value is -1.06. The van der Waals surface area contributed by atoms with Crippen LogP contribution in [0.15, 0.2) is 0 Å². The Morgan fingerprint density at radius 3 is 2.00 bits per heavy atom. The molecule has 2 unspecified atom stereocenters. The van der Waals surface area contributed by atoms with E-state index in [4.69, 9.17) is 9.47 Å². The molecule has 0 aromatic rings. The van der Waals surface area contributed by atoms with Gasteiger partial charge in [-0.1, -0.05) is 33.6 Å². The third-order valence-electron chi connectivity index (χ3n) is 3.99. The standard InChI is InChI=1S/C16H28O4/c1-4-10-19-15(17)12(3)14(13-8-6-7-9-13)16(18)20-11-5-2/h12-14H,4-11H2,1-3H3. The second-order valence-electron chi connectivity index (χ2n) is 5.69. The topological polar surface area (TPSA) is 52.6 Å². The van der Waals surface area contributed by atoms with Gasteiger partial charge in [0.25, 0.3) is 0 Å². The number of esters is 2. The van der Waals surface area contributed by atoms with Crippen LogP contribution in [-0.2, 0) is 19.1 Å². The average Bonchev–Trinajstić information content (AvgIpc) is 2.96. The van der Waals surface area contributed by atoms with Gasteiger partial charge in [-0.05, 0) is 31.6 Å². The maximum absolute atomic E-state index is 12.3. The van der Waals surface area contributed by atoms with Crippen molar-refractivity contribution in [1.82, 2.24) is 0 Å². The van der Waals surface area contributed by atoms with Gasteiger partial charge in [0.05, 0.1) is 25.0 Å². The van der Waals surface area contributed by atoms with E-state index in [1.807, 2.05) is 13.8 Å². The maximum atomic E-state index is 12.3. The molecule has 0 bridgehead atoms. The highest BCUT2D eigenvalue weighted by Gasteiger charge is 2.39. The van der Waals surface area contributed by atoms with Crippen LogP contribution in [0.4, 0.5) is 0 Å². The van der Waals surface area contributed by atoms with Crippen LogP contribution in [0, 0.1) is 17.8 Å². The van der Waals surface area contributed by atoms with E-state index in [1.54, 1.807) is 6.92 Å². The van der Waals surface area contributed by atoms with Crippen molar-refractivity contribution in [3.63, 3.8) is 0 Å². The Morgan fingerprint density at radius 2 is 1.50 bits per heavy atom. The van der Waals surface area contributed by atoms with Crippen LogP contribution in [0.5, 0.6) is 0 Å². The SMILES string of the molecule is CCCOC(=O)C(C)C(C(=O)OCCC)C1CCCC1. The van der Waals surface area contributed by atoms with Crippen molar-refractivity contribution in [2.24, 2.45) is 17.8 Å². The van der Waals surface area contributed by atoms with Crippen molar-refractivity contribution < 1.29 is 19.1 Å². The van der Waals surface area contributed by atoms with Crippen LogP contribution in [0.25, 0.3) is 0 Å². The molecule has 0 radical (unpaired) electrons. The molecule has 4 heteroatoms. The summed E-state index contributed by atoms with van der Waals surface area (Å²) in [5.41, 5.74) is 0. The van der Waals surface area contributed by atoms with Gasteiger partial charge in [-0.25, -0.2) is 0 Å². The molecule has 1 saturated carbocycles. The molecule has 1 aliphatic rings. The molecular formula is C16H28O4. The Labute approximate surface area is 122 Å². The van der Waals surface area contributed by atoms with E-state index in [0.29, 0.717) is 13.2 Å². The smallest absolute Gasteiger partial charge is 0.310 e. The first-order valence-electron chi connectivity index (χ1n) is 7.95. The molecule has 116 valence electrons. The lowest BCUT2D eigenvalue weighted by Crippen LogP contribution is -2.35. The number of hydrogen-bond acceptors (Lipinski definition) is 4. The molecule has 0 spiro atoms. The fourth-order valence-electron chi connectivity index (χ4n) is 2.90.